The van der Waals surface area contributed by atoms with Crippen LogP contribution in [0, 0.1) is 5.41 Å². The molecule has 1 aromatic heterocycles. The fourth-order valence-electron chi connectivity index (χ4n) is 3.19. The Kier molecular flexibility index (Phi) is 5.35. The summed E-state index contributed by atoms with van der Waals surface area (Å²) in [5.41, 5.74) is -0.292. The van der Waals surface area contributed by atoms with E-state index < -0.39 is 18.0 Å². The highest BCUT2D eigenvalue weighted by Crippen LogP contribution is 2.39. The molecule has 1 N–H and O–H groups in total. The van der Waals surface area contributed by atoms with E-state index in [1.807, 2.05) is 0 Å². The van der Waals surface area contributed by atoms with E-state index in [0.717, 1.165) is 51.3 Å². The number of aromatic nitrogens is 2. The lowest BCUT2D eigenvalue weighted by Crippen LogP contribution is -2.44. The van der Waals surface area contributed by atoms with Gasteiger partial charge in [-0.1, -0.05) is 0 Å². The van der Waals surface area contributed by atoms with Crippen molar-refractivity contribution in [2.75, 3.05) is 26.4 Å². The molecule has 1 atom stereocenters. The Morgan fingerprint density at radius 1 is 1.33 bits per heavy atom. The fourth-order valence-corrected chi connectivity index (χ4v) is 3.19. The number of carbonyl (C=O) groups excluding carboxylic acids is 1. The van der Waals surface area contributed by atoms with Gasteiger partial charge >= 0.3 is 0 Å². The second kappa shape index (κ2) is 7.48. The molecule has 132 valence electrons. The predicted octanol–water partition coefficient (Wildman–Crippen LogP) is 2.12. The zero-order chi connectivity index (χ0) is 17.0. The van der Waals surface area contributed by atoms with Gasteiger partial charge in [-0.05, 0) is 37.2 Å². The lowest BCUT2D eigenvalue weighted by molar-refractivity contribution is -0.103. The third kappa shape index (κ3) is 4.05. The number of nitrogens with zero attached hydrogens (tertiary/aromatic N) is 2. The number of halogens is 2. The normalized spacial score (nSPS) is 23.4. The van der Waals surface area contributed by atoms with Crippen LogP contribution >= 0.6 is 0 Å². The van der Waals surface area contributed by atoms with Crippen LogP contribution in [0.25, 0.3) is 0 Å². The van der Waals surface area contributed by atoms with Crippen LogP contribution in [0.5, 0.6) is 0 Å². The van der Waals surface area contributed by atoms with E-state index in [1.54, 1.807) is 0 Å². The molecule has 2 saturated heterocycles. The van der Waals surface area contributed by atoms with Crippen molar-refractivity contribution in [3.63, 3.8) is 0 Å². The van der Waals surface area contributed by atoms with Gasteiger partial charge in [-0.25, -0.2) is 18.7 Å². The Hall–Kier alpha value is -1.67. The highest BCUT2D eigenvalue weighted by atomic mass is 19.3. The molecular formula is C16H21F2N3O3. The molecule has 0 aromatic carbocycles. The van der Waals surface area contributed by atoms with E-state index in [9.17, 15) is 13.6 Å². The van der Waals surface area contributed by atoms with Gasteiger partial charge in [-0.15, -0.1) is 0 Å². The molecule has 2 aliphatic heterocycles. The molecule has 0 bridgehead atoms. The summed E-state index contributed by atoms with van der Waals surface area (Å²) in [6.07, 6.45) is 2.15. The minimum absolute atomic E-state index is 0.0566. The van der Waals surface area contributed by atoms with Crippen molar-refractivity contribution in [1.29, 1.82) is 0 Å². The molecule has 0 radical (unpaired) electrons. The maximum Gasteiger partial charge on any atom is 0.280 e. The molecule has 6 nitrogen and oxygen atoms in total. The maximum atomic E-state index is 12.6. The summed E-state index contributed by atoms with van der Waals surface area (Å²) < 4.78 is 36.5. The van der Waals surface area contributed by atoms with E-state index in [-0.39, 0.29) is 17.2 Å². The van der Waals surface area contributed by atoms with E-state index in [4.69, 9.17) is 9.47 Å². The van der Waals surface area contributed by atoms with Crippen molar-refractivity contribution in [3.05, 3.63) is 23.8 Å². The van der Waals surface area contributed by atoms with Crippen molar-refractivity contribution in [2.45, 2.75) is 38.2 Å². The molecular weight excluding hydrogens is 320 g/mol. The monoisotopic (exact) mass is 341 g/mol. The molecule has 0 saturated carbocycles. The van der Waals surface area contributed by atoms with Crippen LogP contribution in [0.1, 0.15) is 48.3 Å². The quantitative estimate of drug-likeness (QED) is 0.908. The molecule has 1 aromatic rings. The van der Waals surface area contributed by atoms with Gasteiger partial charge in [0.05, 0.1) is 12.7 Å². The largest absolute Gasteiger partial charge is 0.381 e. The van der Waals surface area contributed by atoms with Gasteiger partial charge in [0, 0.05) is 19.8 Å². The zero-order valence-electron chi connectivity index (χ0n) is 13.3. The van der Waals surface area contributed by atoms with Gasteiger partial charge in [0.25, 0.3) is 12.3 Å². The van der Waals surface area contributed by atoms with E-state index >= 15 is 0 Å². The highest BCUT2D eigenvalue weighted by molar-refractivity contribution is 5.92. The van der Waals surface area contributed by atoms with Gasteiger partial charge < -0.3 is 14.8 Å². The molecule has 0 aliphatic carbocycles. The first-order chi connectivity index (χ1) is 11.6. The molecule has 3 rings (SSSR count). The molecule has 2 aliphatic rings. The van der Waals surface area contributed by atoms with Crippen molar-refractivity contribution >= 4 is 5.91 Å². The minimum Gasteiger partial charge on any atom is -0.381 e. The Balaban J connectivity index is 1.48. The van der Waals surface area contributed by atoms with E-state index in [2.05, 4.69) is 15.3 Å². The standard InChI is InChI=1S/C16H21F2N3O3/c17-14(18)12-7-13(21-10-20-12)15(22)19-8-11-1-2-16(9-24-11)3-5-23-6-4-16/h7,10-11,14H,1-6,8-9H2,(H,19,22). The first-order valence-electron chi connectivity index (χ1n) is 8.16. The lowest BCUT2D eigenvalue weighted by Gasteiger charge is -2.42. The molecule has 3 heterocycles. The van der Waals surface area contributed by atoms with Crippen LogP contribution in [-0.2, 0) is 9.47 Å². The lowest BCUT2D eigenvalue weighted by atomic mass is 9.75. The van der Waals surface area contributed by atoms with E-state index in [0.29, 0.717) is 13.2 Å². The van der Waals surface area contributed by atoms with Gasteiger partial charge in [-0.2, -0.15) is 0 Å². The van der Waals surface area contributed by atoms with Crippen LogP contribution in [0.15, 0.2) is 12.4 Å². The maximum absolute atomic E-state index is 12.6. The van der Waals surface area contributed by atoms with Crippen LogP contribution < -0.4 is 5.32 Å². The number of ether oxygens (including phenoxy) is 2. The number of hydrogen-bond donors (Lipinski definition) is 1. The summed E-state index contributed by atoms with van der Waals surface area (Å²) in [4.78, 5) is 19.2. The third-order valence-electron chi connectivity index (χ3n) is 4.81. The summed E-state index contributed by atoms with van der Waals surface area (Å²) in [6.45, 7) is 2.59. The molecule has 24 heavy (non-hydrogen) atoms. The van der Waals surface area contributed by atoms with Crippen LogP contribution in [0.3, 0.4) is 0 Å². The summed E-state index contributed by atoms with van der Waals surface area (Å²) in [7, 11) is 0. The minimum atomic E-state index is -2.73. The van der Waals surface area contributed by atoms with Gasteiger partial charge in [0.1, 0.15) is 17.7 Å². The first-order valence-corrected chi connectivity index (χ1v) is 8.16. The molecule has 1 unspecified atom stereocenters. The second-order valence-corrected chi connectivity index (χ2v) is 6.42. The van der Waals surface area contributed by atoms with Crippen LogP contribution in [0.4, 0.5) is 8.78 Å². The predicted molar refractivity (Wildman–Crippen MR) is 80.8 cm³/mol. The zero-order valence-corrected chi connectivity index (χ0v) is 13.3. The number of rotatable bonds is 4. The molecule has 2 fully saturated rings. The summed E-state index contributed by atoms with van der Waals surface area (Å²) >= 11 is 0. The van der Waals surface area contributed by atoms with Crippen molar-refractivity contribution in [3.8, 4) is 0 Å². The highest BCUT2D eigenvalue weighted by Gasteiger charge is 2.37. The van der Waals surface area contributed by atoms with E-state index in [1.165, 1.54) is 0 Å². The fraction of sp³-hybridized carbons (Fsp3) is 0.688. The number of nitrogens with one attached hydrogen (secondary N) is 1. The Bertz CT molecular complexity index is 569. The summed E-state index contributed by atoms with van der Waals surface area (Å²) in [5, 5.41) is 2.70. The first kappa shape index (κ1) is 17.2. The topological polar surface area (TPSA) is 73.3 Å². The smallest absolute Gasteiger partial charge is 0.280 e. The molecule has 1 spiro atoms. The second-order valence-electron chi connectivity index (χ2n) is 6.42. The number of alkyl halides is 2. The van der Waals surface area contributed by atoms with Gasteiger partial charge in [-0.3, -0.25) is 4.79 Å². The van der Waals surface area contributed by atoms with Gasteiger partial charge in [0.2, 0.25) is 0 Å². The number of hydrogen-bond acceptors (Lipinski definition) is 5. The third-order valence-corrected chi connectivity index (χ3v) is 4.81. The number of amides is 1. The Morgan fingerprint density at radius 2 is 2.12 bits per heavy atom. The van der Waals surface area contributed by atoms with Crippen molar-refractivity contribution in [1.82, 2.24) is 15.3 Å². The number of carbonyl (C=O) groups is 1. The Morgan fingerprint density at radius 3 is 2.79 bits per heavy atom. The summed E-state index contributed by atoms with van der Waals surface area (Å²) in [6, 6.07) is 1.01. The Labute approximate surface area is 139 Å². The SMILES string of the molecule is O=C(NCC1CCC2(CCOCC2)CO1)c1cc(C(F)F)ncn1. The van der Waals surface area contributed by atoms with Gasteiger partial charge in [0.15, 0.2) is 0 Å². The van der Waals surface area contributed by atoms with Crippen molar-refractivity contribution in [2.24, 2.45) is 5.41 Å². The average molecular weight is 341 g/mol. The summed E-state index contributed by atoms with van der Waals surface area (Å²) in [5.74, 6) is -0.491. The average Bonchev–Trinajstić information content (AvgIpc) is 2.62. The van der Waals surface area contributed by atoms with Crippen LogP contribution in [-0.4, -0.2) is 48.3 Å². The molecule has 1 amide bonds. The van der Waals surface area contributed by atoms with Crippen LogP contribution in [0.2, 0.25) is 0 Å². The molecule has 8 heteroatoms. The van der Waals surface area contributed by atoms with Crippen molar-refractivity contribution < 1.29 is 23.0 Å².